The van der Waals surface area contributed by atoms with Gasteiger partial charge in [0.15, 0.2) is 5.41 Å². The molecule has 2 aliphatic rings. The second-order valence-corrected chi connectivity index (χ2v) is 8.13. The number of rotatable bonds is 3. The van der Waals surface area contributed by atoms with E-state index in [1.54, 1.807) is 0 Å². The summed E-state index contributed by atoms with van der Waals surface area (Å²) in [6.07, 6.45) is 0.278. The molecule has 0 unspecified atom stereocenters. The van der Waals surface area contributed by atoms with Crippen LogP contribution in [0.2, 0.25) is 5.02 Å². The predicted octanol–water partition coefficient (Wildman–Crippen LogP) is 4.06. The summed E-state index contributed by atoms with van der Waals surface area (Å²) >= 11 is 7.55. The smallest absolute Gasteiger partial charge is 0.326 e. The summed E-state index contributed by atoms with van der Waals surface area (Å²) in [5.74, 6) is -1.14. The third-order valence-corrected chi connectivity index (χ3v) is 6.97. The van der Waals surface area contributed by atoms with Crippen LogP contribution in [0.5, 0.6) is 0 Å². The highest BCUT2D eigenvalue weighted by Gasteiger charge is 2.66. The van der Waals surface area contributed by atoms with Crippen molar-refractivity contribution in [1.29, 1.82) is 0 Å². The highest BCUT2D eigenvalue weighted by Crippen LogP contribution is 2.61. The normalized spacial score (nSPS) is 22.1. The van der Waals surface area contributed by atoms with Crippen LogP contribution in [-0.2, 0) is 19.1 Å². The molecular formula is C20H18ClNO4S. The first kappa shape index (κ1) is 18.2. The minimum absolute atomic E-state index is 0.179. The van der Waals surface area contributed by atoms with E-state index in [2.05, 4.69) is 4.90 Å². The maximum absolute atomic E-state index is 12.9. The summed E-state index contributed by atoms with van der Waals surface area (Å²) in [5.41, 5.74) is 0.579. The Morgan fingerprint density at radius 3 is 2.33 bits per heavy atom. The van der Waals surface area contributed by atoms with Crippen LogP contribution in [-0.4, -0.2) is 31.5 Å². The molecule has 140 valence electrons. The van der Waals surface area contributed by atoms with Gasteiger partial charge in [0.2, 0.25) is 0 Å². The van der Waals surface area contributed by atoms with Gasteiger partial charge in [-0.25, -0.2) is 0 Å². The lowest BCUT2D eigenvalue weighted by atomic mass is 9.83. The SMILES string of the molecule is COC(=O)C1(C(=O)OC)C[C@@H](c2ccc(Cl)cc2)N2c3ccccc3S[C@@H]21. The van der Waals surface area contributed by atoms with Gasteiger partial charge in [-0.1, -0.05) is 47.6 Å². The molecule has 0 bridgehead atoms. The summed E-state index contributed by atoms with van der Waals surface area (Å²) in [4.78, 5) is 28.9. The second-order valence-electron chi connectivity index (χ2n) is 6.57. The van der Waals surface area contributed by atoms with E-state index in [9.17, 15) is 9.59 Å². The molecule has 0 aromatic heterocycles. The molecule has 27 heavy (non-hydrogen) atoms. The number of carbonyl (C=O) groups is 2. The van der Waals surface area contributed by atoms with Gasteiger partial charge in [-0.2, -0.15) is 0 Å². The van der Waals surface area contributed by atoms with Crippen molar-refractivity contribution in [2.45, 2.75) is 22.7 Å². The minimum atomic E-state index is -1.41. The first-order valence-corrected chi connectivity index (χ1v) is 9.75. The maximum Gasteiger partial charge on any atom is 0.326 e. The van der Waals surface area contributed by atoms with Crippen LogP contribution < -0.4 is 4.90 Å². The maximum atomic E-state index is 12.9. The Morgan fingerprint density at radius 1 is 1.07 bits per heavy atom. The molecule has 4 rings (SSSR count). The molecular weight excluding hydrogens is 386 g/mol. The van der Waals surface area contributed by atoms with Gasteiger partial charge in [-0.3, -0.25) is 9.59 Å². The number of esters is 2. The van der Waals surface area contributed by atoms with Crippen molar-refractivity contribution >= 4 is 41.0 Å². The average molecular weight is 404 g/mol. The number of anilines is 1. The molecule has 5 nitrogen and oxygen atoms in total. The topological polar surface area (TPSA) is 55.8 Å². The molecule has 2 heterocycles. The molecule has 1 fully saturated rings. The van der Waals surface area contributed by atoms with Crippen molar-refractivity contribution in [3.63, 3.8) is 0 Å². The van der Waals surface area contributed by atoms with Gasteiger partial charge in [0.25, 0.3) is 0 Å². The standard InChI is InChI=1S/C20H18ClNO4S/c1-25-18(23)20(19(24)26-2)11-15(12-7-9-13(21)10-8-12)22-14-5-3-4-6-16(14)27-17(20)22/h3-10,15,17H,11H2,1-2H3/t15-,17+/m0/s1. The third kappa shape index (κ3) is 2.62. The van der Waals surface area contributed by atoms with Gasteiger partial charge in [0, 0.05) is 16.3 Å². The van der Waals surface area contributed by atoms with Gasteiger partial charge in [0.1, 0.15) is 5.37 Å². The summed E-state index contributed by atoms with van der Waals surface area (Å²) in [6.45, 7) is 0. The lowest BCUT2D eigenvalue weighted by Gasteiger charge is -2.30. The number of benzene rings is 2. The Bertz CT molecular complexity index is 885. The van der Waals surface area contributed by atoms with Crippen LogP contribution in [0, 0.1) is 5.41 Å². The lowest BCUT2D eigenvalue weighted by molar-refractivity contribution is -0.168. The predicted molar refractivity (Wildman–Crippen MR) is 104 cm³/mol. The van der Waals surface area contributed by atoms with Crippen molar-refractivity contribution in [1.82, 2.24) is 0 Å². The Balaban J connectivity index is 1.89. The zero-order chi connectivity index (χ0) is 19.2. The van der Waals surface area contributed by atoms with E-state index in [0.717, 1.165) is 16.1 Å². The van der Waals surface area contributed by atoms with Gasteiger partial charge < -0.3 is 14.4 Å². The minimum Gasteiger partial charge on any atom is -0.468 e. The summed E-state index contributed by atoms with van der Waals surface area (Å²) < 4.78 is 10.1. The number of hydrogen-bond acceptors (Lipinski definition) is 6. The first-order chi connectivity index (χ1) is 13.0. The monoisotopic (exact) mass is 403 g/mol. The number of hydrogen-bond donors (Lipinski definition) is 0. The highest BCUT2D eigenvalue weighted by atomic mass is 35.5. The Morgan fingerprint density at radius 2 is 1.70 bits per heavy atom. The zero-order valence-corrected chi connectivity index (χ0v) is 16.4. The van der Waals surface area contributed by atoms with Crippen LogP contribution in [0.25, 0.3) is 0 Å². The summed E-state index contributed by atoms with van der Waals surface area (Å²) in [5, 5.41) is 0.201. The third-order valence-electron chi connectivity index (χ3n) is 5.26. The van der Waals surface area contributed by atoms with Gasteiger partial charge >= 0.3 is 11.9 Å². The molecule has 0 spiro atoms. The van der Waals surface area contributed by atoms with Crippen molar-refractivity contribution in [2.75, 3.05) is 19.1 Å². The fourth-order valence-electron chi connectivity index (χ4n) is 4.03. The quantitative estimate of drug-likeness (QED) is 0.569. The Labute approximate surface area is 166 Å². The largest absolute Gasteiger partial charge is 0.468 e. The van der Waals surface area contributed by atoms with E-state index in [1.165, 1.54) is 26.0 Å². The lowest BCUT2D eigenvalue weighted by Crippen LogP contribution is -2.48. The van der Waals surface area contributed by atoms with E-state index in [-0.39, 0.29) is 12.5 Å². The number of halogens is 1. The Kier molecular flexibility index (Phi) is 4.56. The van der Waals surface area contributed by atoms with Crippen molar-refractivity contribution in [2.24, 2.45) is 5.41 Å². The number of fused-ring (bicyclic) bond motifs is 3. The number of thioether (sulfide) groups is 1. The average Bonchev–Trinajstić information content (AvgIpc) is 3.23. The number of ether oxygens (including phenoxy) is 2. The van der Waals surface area contributed by atoms with E-state index in [0.29, 0.717) is 5.02 Å². The van der Waals surface area contributed by atoms with Crippen LogP contribution >= 0.6 is 23.4 Å². The molecule has 0 radical (unpaired) electrons. The van der Waals surface area contributed by atoms with Crippen LogP contribution in [0.1, 0.15) is 18.0 Å². The molecule has 2 aromatic rings. The molecule has 0 amide bonds. The van der Waals surface area contributed by atoms with Crippen LogP contribution in [0.15, 0.2) is 53.4 Å². The number of nitrogens with zero attached hydrogens (tertiary/aromatic N) is 1. The number of methoxy groups -OCH3 is 2. The van der Waals surface area contributed by atoms with Gasteiger partial charge in [-0.05, 0) is 29.8 Å². The number of para-hydroxylation sites is 1. The molecule has 7 heteroatoms. The summed E-state index contributed by atoms with van der Waals surface area (Å²) in [6, 6.07) is 15.2. The van der Waals surface area contributed by atoms with Crippen LogP contribution in [0.4, 0.5) is 5.69 Å². The second kappa shape index (κ2) is 6.77. The number of carbonyl (C=O) groups excluding carboxylic acids is 2. The Hall–Kier alpha value is -2.18. The molecule has 2 aliphatic heterocycles. The molecule has 2 atom stereocenters. The summed E-state index contributed by atoms with van der Waals surface area (Å²) in [7, 11) is 2.61. The first-order valence-electron chi connectivity index (χ1n) is 8.49. The molecule has 0 aliphatic carbocycles. The van der Waals surface area contributed by atoms with Crippen molar-refractivity contribution in [3.8, 4) is 0 Å². The van der Waals surface area contributed by atoms with Crippen LogP contribution in [0.3, 0.4) is 0 Å². The van der Waals surface area contributed by atoms with E-state index in [1.807, 2.05) is 48.5 Å². The van der Waals surface area contributed by atoms with Gasteiger partial charge in [0.05, 0.1) is 25.9 Å². The highest BCUT2D eigenvalue weighted by molar-refractivity contribution is 8.00. The molecule has 0 N–H and O–H groups in total. The molecule has 0 saturated carbocycles. The van der Waals surface area contributed by atoms with E-state index in [4.69, 9.17) is 21.1 Å². The van der Waals surface area contributed by atoms with Gasteiger partial charge in [-0.15, -0.1) is 0 Å². The van der Waals surface area contributed by atoms with Crippen molar-refractivity contribution < 1.29 is 19.1 Å². The van der Waals surface area contributed by atoms with Crippen molar-refractivity contribution in [3.05, 3.63) is 59.1 Å². The molecule has 1 saturated heterocycles. The fourth-order valence-corrected chi connectivity index (χ4v) is 5.71. The van der Waals surface area contributed by atoms with E-state index >= 15 is 0 Å². The zero-order valence-electron chi connectivity index (χ0n) is 14.8. The fraction of sp³-hybridized carbons (Fsp3) is 0.300. The van der Waals surface area contributed by atoms with E-state index < -0.39 is 22.7 Å². The molecule has 2 aromatic carbocycles.